The highest BCUT2D eigenvalue weighted by Crippen LogP contribution is 2.28. The van der Waals surface area contributed by atoms with Gasteiger partial charge in [-0.2, -0.15) is 0 Å². The fourth-order valence-corrected chi connectivity index (χ4v) is 6.21. The van der Waals surface area contributed by atoms with Crippen molar-refractivity contribution in [1.29, 1.82) is 0 Å². The molecule has 3 nitrogen and oxygen atoms in total. The smallest absolute Gasteiger partial charge is 0.306 e. The van der Waals surface area contributed by atoms with Crippen molar-refractivity contribution in [3.63, 3.8) is 0 Å². The Morgan fingerprint density at radius 3 is 1.46 bits per heavy atom. The van der Waals surface area contributed by atoms with E-state index in [4.69, 9.17) is 0 Å². The van der Waals surface area contributed by atoms with Crippen molar-refractivity contribution in [3.05, 3.63) is 12.2 Å². The fraction of sp³-hybridized carbons (Fsp3) is 0.921. The fourth-order valence-electron chi connectivity index (χ4n) is 6.21. The van der Waals surface area contributed by atoms with Crippen molar-refractivity contribution >= 4 is 5.97 Å². The summed E-state index contributed by atoms with van der Waals surface area (Å²) in [5, 5.41) is 20.1. The molecule has 3 atom stereocenters. The molecule has 0 aromatic heterocycles. The Bertz CT molecular complexity index is 558. The van der Waals surface area contributed by atoms with Crippen LogP contribution in [-0.4, -0.2) is 22.3 Å². The zero-order valence-corrected chi connectivity index (χ0v) is 28.2. The summed E-state index contributed by atoms with van der Waals surface area (Å²) in [4.78, 5) is 12.1. The summed E-state index contributed by atoms with van der Waals surface area (Å²) in [6.45, 7) is 6.77. The number of rotatable bonds is 33. The van der Waals surface area contributed by atoms with E-state index in [9.17, 15) is 15.0 Å². The molecule has 0 aromatic rings. The number of aliphatic hydroxyl groups excluding tert-OH is 1. The van der Waals surface area contributed by atoms with Gasteiger partial charge in [-0.05, 0) is 44.4 Å². The molecule has 0 radical (unpaired) electrons. The van der Waals surface area contributed by atoms with Crippen LogP contribution in [0.4, 0.5) is 0 Å². The number of carboxylic acid groups (broad SMARTS) is 1. The predicted octanol–water partition coefficient (Wildman–Crippen LogP) is 12.6. The standard InChI is InChI=1S/C38H74O3/c1-4-7-10-13-15-17-21-25-30-35(29-24-20-14-11-8-5-2)34-36(38(40)41)31-26-22-18-16-19-23-28-33-37(39)32-27-12-9-6-3/h23,28,35-37,39H,4-22,24-27,29-34H2,1-3H3,(H,40,41)/t35?,36?,37-/m1/s1. The molecule has 0 aliphatic heterocycles. The van der Waals surface area contributed by atoms with Crippen LogP contribution in [0.15, 0.2) is 12.2 Å². The monoisotopic (exact) mass is 579 g/mol. The van der Waals surface area contributed by atoms with E-state index < -0.39 is 5.97 Å². The Kier molecular flexibility index (Phi) is 31.4. The number of aliphatic carboxylic acids is 1. The van der Waals surface area contributed by atoms with Crippen LogP contribution in [0, 0.1) is 11.8 Å². The molecule has 0 spiro atoms. The number of allylic oxidation sites excluding steroid dienone is 1. The lowest BCUT2D eigenvalue weighted by Gasteiger charge is -2.21. The molecule has 41 heavy (non-hydrogen) atoms. The molecule has 0 aliphatic carbocycles. The molecule has 2 unspecified atom stereocenters. The van der Waals surface area contributed by atoms with E-state index in [1.54, 1.807) is 0 Å². The van der Waals surface area contributed by atoms with Crippen molar-refractivity contribution in [2.24, 2.45) is 11.8 Å². The molecule has 0 heterocycles. The quantitative estimate of drug-likeness (QED) is 0.0601. The molecule has 0 bridgehead atoms. The molecular formula is C38H74O3. The summed E-state index contributed by atoms with van der Waals surface area (Å²) < 4.78 is 0. The van der Waals surface area contributed by atoms with Crippen LogP contribution in [-0.2, 0) is 4.79 Å². The minimum atomic E-state index is -0.565. The van der Waals surface area contributed by atoms with Gasteiger partial charge in [0.05, 0.1) is 12.0 Å². The molecule has 244 valence electrons. The van der Waals surface area contributed by atoms with E-state index in [0.717, 1.165) is 51.4 Å². The van der Waals surface area contributed by atoms with Crippen molar-refractivity contribution < 1.29 is 15.0 Å². The topological polar surface area (TPSA) is 57.5 Å². The van der Waals surface area contributed by atoms with Crippen LogP contribution < -0.4 is 0 Å². The third-order valence-corrected chi connectivity index (χ3v) is 9.04. The second-order valence-electron chi connectivity index (χ2n) is 13.2. The van der Waals surface area contributed by atoms with Crippen molar-refractivity contribution in [3.8, 4) is 0 Å². The lowest BCUT2D eigenvalue weighted by Crippen LogP contribution is -2.18. The van der Waals surface area contributed by atoms with Gasteiger partial charge in [-0.15, -0.1) is 0 Å². The molecule has 0 amide bonds. The predicted molar refractivity (Wildman–Crippen MR) is 181 cm³/mol. The first-order chi connectivity index (χ1) is 20.0. The number of unbranched alkanes of at least 4 members (excludes halogenated alkanes) is 19. The summed E-state index contributed by atoms with van der Waals surface area (Å²) in [6, 6.07) is 0. The summed E-state index contributed by atoms with van der Waals surface area (Å²) in [7, 11) is 0. The van der Waals surface area contributed by atoms with Crippen LogP contribution in [0.5, 0.6) is 0 Å². The number of aliphatic hydroxyl groups is 1. The van der Waals surface area contributed by atoms with Crippen molar-refractivity contribution in [2.75, 3.05) is 0 Å². The van der Waals surface area contributed by atoms with E-state index in [0.29, 0.717) is 5.92 Å². The van der Waals surface area contributed by atoms with Crippen LogP contribution in [0.25, 0.3) is 0 Å². The zero-order valence-electron chi connectivity index (χ0n) is 28.2. The SMILES string of the molecule is CCCCCCCCCCC(CCCCCCCC)CC(CCCCCCC=CC[C@H](O)CCCCCC)C(=O)O. The van der Waals surface area contributed by atoms with Crippen LogP contribution in [0.1, 0.15) is 207 Å². The van der Waals surface area contributed by atoms with Gasteiger partial charge in [-0.1, -0.05) is 181 Å². The highest BCUT2D eigenvalue weighted by Gasteiger charge is 2.22. The van der Waals surface area contributed by atoms with Crippen LogP contribution in [0.3, 0.4) is 0 Å². The lowest BCUT2D eigenvalue weighted by molar-refractivity contribution is -0.142. The van der Waals surface area contributed by atoms with E-state index in [1.807, 2.05) is 0 Å². The number of carbonyl (C=O) groups is 1. The summed E-state index contributed by atoms with van der Waals surface area (Å²) >= 11 is 0. The molecule has 0 saturated heterocycles. The third-order valence-electron chi connectivity index (χ3n) is 9.04. The average Bonchev–Trinajstić information content (AvgIpc) is 2.96. The second-order valence-corrected chi connectivity index (χ2v) is 13.2. The van der Waals surface area contributed by atoms with E-state index in [-0.39, 0.29) is 12.0 Å². The molecule has 0 rings (SSSR count). The van der Waals surface area contributed by atoms with Crippen molar-refractivity contribution in [2.45, 2.75) is 213 Å². The molecule has 0 saturated carbocycles. The maximum absolute atomic E-state index is 12.1. The van der Waals surface area contributed by atoms with Gasteiger partial charge in [0, 0.05) is 0 Å². The van der Waals surface area contributed by atoms with Gasteiger partial charge in [0.2, 0.25) is 0 Å². The Hall–Kier alpha value is -0.830. The zero-order chi connectivity index (χ0) is 30.2. The Balaban J connectivity index is 4.27. The Morgan fingerprint density at radius 2 is 0.951 bits per heavy atom. The maximum atomic E-state index is 12.1. The molecule has 2 N–H and O–H groups in total. The van der Waals surface area contributed by atoms with Gasteiger partial charge in [-0.25, -0.2) is 0 Å². The van der Waals surface area contributed by atoms with Gasteiger partial charge in [0.25, 0.3) is 0 Å². The van der Waals surface area contributed by atoms with Gasteiger partial charge in [-0.3, -0.25) is 4.79 Å². The van der Waals surface area contributed by atoms with Gasteiger partial charge < -0.3 is 10.2 Å². The van der Waals surface area contributed by atoms with Gasteiger partial charge in [0.15, 0.2) is 0 Å². The summed E-state index contributed by atoms with van der Waals surface area (Å²) in [6.07, 6.45) is 39.3. The Morgan fingerprint density at radius 1 is 0.537 bits per heavy atom. The molecule has 0 aromatic carbocycles. The number of hydrogen-bond donors (Lipinski definition) is 2. The van der Waals surface area contributed by atoms with Gasteiger partial charge >= 0.3 is 5.97 Å². The molecule has 0 aliphatic rings. The minimum Gasteiger partial charge on any atom is -0.481 e. The first-order valence-corrected chi connectivity index (χ1v) is 18.6. The third kappa shape index (κ3) is 29.0. The largest absolute Gasteiger partial charge is 0.481 e. The highest BCUT2D eigenvalue weighted by atomic mass is 16.4. The van der Waals surface area contributed by atoms with Crippen LogP contribution >= 0.6 is 0 Å². The van der Waals surface area contributed by atoms with Gasteiger partial charge in [0.1, 0.15) is 0 Å². The molecule has 3 heteroatoms. The highest BCUT2D eigenvalue weighted by molar-refractivity contribution is 5.69. The number of hydrogen-bond acceptors (Lipinski definition) is 2. The summed E-state index contributed by atoms with van der Waals surface area (Å²) in [5.74, 6) is -0.132. The average molecular weight is 579 g/mol. The van der Waals surface area contributed by atoms with E-state index in [1.165, 1.54) is 135 Å². The van der Waals surface area contributed by atoms with Crippen molar-refractivity contribution in [1.82, 2.24) is 0 Å². The number of carboxylic acids is 1. The normalized spacial score (nSPS) is 14.0. The first-order valence-electron chi connectivity index (χ1n) is 18.6. The first kappa shape index (κ1) is 40.2. The van der Waals surface area contributed by atoms with E-state index in [2.05, 4.69) is 32.9 Å². The minimum absolute atomic E-state index is 0.159. The summed E-state index contributed by atoms with van der Waals surface area (Å²) in [5.41, 5.74) is 0. The Labute approximate surface area is 257 Å². The second kappa shape index (κ2) is 32.1. The van der Waals surface area contributed by atoms with Crippen LogP contribution in [0.2, 0.25) is 0 Å². The lowest BCUT2D eigenvalue weighted by atomic mass is 9.84. The molecule has 0 fully saturated rings. The van der Waals surface area contributed by atoms with E-state index >= 15 is 0 Å². The molecular weight excluding hydrogens is 504 g/mol. The maximum Gasteiger partial charge on any atom is 0.306 e.